The lowest BCUT2D eigenvalue weighted by atomic mass is 9.56. The maximum Gasteiger partial charge on any atom is 0.238 e. The summed E-state index contributed by atoms with van der Waals surface area (Å²) in [5, 5.41) is 20.2. The zero-order valence-corrected chi connectivity index (χ0v) is 23.6. The Morgan fingerprint density at radius 1 is 1.10 bits per heavy atom. The maximum atomic E-state index is 15.9. The summed E-state index contributed by atoms with van der Waals surface area (Å²) in [6.07, 6.45) is 7.56. The van der Waals surface area contributed by atoms with Gasteiger partial charge in [0.25, 0.3) is 0 Å². The molecule has 9 heteroatoms. The van der Waals surface area contributed by atoms with Crippen molar-refractivity contribution in [3.8, 4) is 0 Å². The van der Waals surface area contributed by atoms with Crippen molar-refractivity contribution in [3.05, 3.63) is 63.4 Å². The number of halogens is 3. The van der Waals surface area contributed by atoms with Crippen LogP contribution in [0.25, 0.3) is 0 Å². The van der Waals surface area contributed by atoms with Crippen molar-refractivity contribution in [3.63, 3.8) is 0 Å². The lowest BCUT2D eigenvalue weighted by molar-refractivity contribution is -0.124. The van der Waals surface area contributed by atoms with Crippen LogP contribution in [0.1, 0.15) is 81.8 Å². The van der Waals surface area contributed by atoms with E-state index in [1.165, 1.54) is 6.07 Å². The Morgan fingerprint density at radius 2 is 1.82 bits per heavy atom. The molecule has 2 saturated carbocycles. The Hall–Kier alpha value is -2.19. The molecule has 1 saturated heterocycles. The van der Waals surface area contributed by atoms with Gasteiger partial charge in [-0.3, -0.25) is 14.9 Å². The topological polar surface area (TPSA) is 90.5 Å². The van der Waals surface area contributed by atoms with Gasteiger partial charge in [-0.15, -0.1) is 0 Å². The molecule has 4 N–H and O–H groups in total. The molecule has 0 bridgehead atoms. The Labute approximate surface area is 239 Å². The smallest absolute Gasteiger partial charge is 0.238 e. The molecule has 210 valence electrons. The summed E-state index contributed by atoms with van der Waals surface area (Å²) in [5.41, 5.74) is 0.365. The highest BCUT2D eigenvalue weighted by Gasteiger charge is 2.64. The van der Waals surface area contributed by atoms with Crippen LogP contribution in [0, 0.1) is 5.82 Å². The van der Waals surface area contributed by atoms with Gasteiger partial charge in [-0.25, -0.2) is 4.39 Å². The summed E-state index contributed by atoms with van der Waals surface area (Å²) in [7, 11) is 0. The van der Waals surface area contributed by atoms with Gasteiger partial charge in [0, 0.05) is 33.6 Å². The maximum absolute atomic E-state index is 15.9. The first kappa shape index (κ1) is 28.3. The van der Waals surface area contributed by atoms with Gasteiger partial charge >= 0.3 is 0 Å². The van der Waals surface area contributed by atoms with Crippen molar-refractivity contribution >= 4 is 41.2 Å². The number of rotatable bonds is 6. The van der Waals surface area contributed by atoms with E-state index in [1.807, 2.05) is 6.07 Å². The second kappa shape index (κ2) is 11.4. The van der Waals surface area contributed by atoms with Gasteiger partial charge in [0.2, 0.25) is 12.3 Å². The Kier molecular flexibility index (Phi) is 8.25. The lowest BCUT2D eigenvalue weighted by Crippen LogP contribution is -2.57. The highest BCUT2D eigenvalue weighted by atomic mass is 35.5. The molecular weight excluding hydrogens is 540 g/mol. The third-order valence-electron chi connectivity index (χ3n) is 9.49. The molecule has 2 aliphatic carbocycles. The SMILES string of the molecule is CC1(c2ccc(Cl)cc2NC=O)C(c2cccc(Cl)c2F)C(C(=O)NC2CCC(O)CC2)NC12CCCCC2. The Balaban J connectivity index is 1.68. The van der Waals surface area contributed by atoms with Gasteiger partial charge in [0.05, 0.1) is 17.2 Å². The van der Waals surface area contributed by atoms with E-state index in [-0.39, 0.29) is 23.1 Å². The standard InChI is InChI=1S/C30H36Cl2FN3O3/c1-29(22-13-8-18(31)16-24(22)34-17-37)25(21-6-5-7-23(32)26(21)33)27(36-30(29)14-3-2-4-15-30)28(39)35-19-9-11-20(38)12-10-19/h5-8,13,16-17,19-20,25,27,36,38H,2-4,9-12,14-15H2,1H3,(H,34,37)(H,35,39). The molecule has 2 aromatic carbocycles. The molecule has 1 aliphatic heterocycles. The van der Waals surface area contributed by atoms with Crippen LogP contribution in [0.2, 0.25) is 10.0 Å². The van der Waals surface area contributed by atoms with Crippen LogP contribution in [0.3, 0.4) is 0 Å². The van der Waals surface area contributed by atoms with E-state index in [1.54, 1.807) is 24.3 Å². The van der Waals surface area contributed by atoms with Crippen molar-refractivity contribution in [1.82, 2.24) is 10.6 Å². The summed E-state index contributed by atoms with van der Waals surface area (Å²) in [4.78, 5) is 25.8. The zero-order valence-electron chi connectivity index (χ0n) is 22.1. The molecule has 0 radical (unpaired) electrons. The Bertz CT molecular complexity index is 1230. The molecule has 1 spiro atoms. The molecule has 3 atom stereocenters. The van der Waals surface area contributed by atoms with Crippen molar-refractivity contribution < 1.29 is 19.1 Å². The van der Waals surface area contributed by atoms with Crippen LogP contribution in [0.15, 0.2) is 36.4 Å². The van der Waals surface area contributed by atoms with Crippen LogP contribution in [0.5, 0.6) is 0 Å². The Morgan fingerprint density at radius 3 is 2.51 bits per heavy atom. The number of amides is 2. The first-order valence-corrected chi connectivity index (χ1v) is 14.7. The molecule has 6 nitrogen and oxygen atoms in total. The highest BCUT2D eigenvalue weighted by molar-refractivity contribution is 6.31. The van der Waals surface area contributed by atoms with Gasteiger partial charge in [0.1, 0.15) is 5.82 Å². The molecule has 3 unspecified atom stereocenters. The number of benzene rings is 2. The van der Waals surface area contributed by atoms with Crippen LogP contribution in [-0.4, -0.2) is 41.2 Å². The van der Waals surface area contributed by atoms with Crippen LogP contribution in [-0.2, 0) is 15.0 Å². The molecule has 2 aromatic rings. The van der Waals surface area contributed by atoms with E-state index in [2.05, 4.69) is 22.9 Å². The first-order valence-electron chi connectivity index (χ1n) is 13.9. The summed E-state index contributed by atoms with van der Waals surface area (Å²) < 4.78 is 15.9. The lowest BCUT2D eigenvalue weighted by Gasteiger charge is -2.49. The number of carbonyl (C=O) groups is 2. The van der Waals surface area contributed by atoms with Gasteiger partial charge in [0.15, 0.2) is 0 Å². The van der Waals surface area contributed by atoms with Crippen LogP contribution >= 0.6 is 23.2 Å². The second-order valence-electron chi connectivity index (χ2n) is 11.6. The van der Waals surface area contributed by atoms with Crippen molar-refractivity contribution in [2.45, 2.75) is 99.8 Å². The van der Waals surface area contributed by atoms with E-state index in [0.717, 1.165) is 37.7 Å². The van der Waals surface area contributed by atoms with Crippen LogP contribution in [0.4, 0.5) is 10.1 Å². The molecule has 2 amide bonds. The normalized spacial score (nSPS) is 30.2. The van der Waals surface area contributed by atoms with Gasteiger partial charge in [-0.1, -0.05) is 67.6 Å². The van der Waals surface area contributed by atoms with E-state index in [9.17, 15) is 14.7 Å². The van der Waals surface area contributed by atoms with Crippen molar-refractivity contribution in [2.75, 3.05) is 5.32 Å². The first-order chi connectivity index (χ1) is 18.7. The monoisotopic (exact) mass is 575 g/mol. The molecule has 1 heterocycles. The quantitative estimate of drug-likeness (QED) is 0.326. The van der Waals surface area contributed by atoms with Crippen molar-refractivity contribution in [2.24, 2.45) is 0 Å². The number of aliphatic hydroxyl groups is 1. The van der Waals surface area contributed by atoms with Gasteiger partial charge in [-0.2, -0.15) is 0 Å². The van der Waals surface area contributed by atoms with E-state index >= 15 is 4.39 Å². The minimum absolute atomic E-state index is 0.00205. The average molecular weight is 577 g/mol. The number of anilines is 1. The van der Waals surface area contributed by atoms with E-state index in [0.29, 0.717) is 48.4 Å². The molecular formula is C30H36Cl2FN3O3. The number of hydrogen-bond acceptors (Lipinski definition) is 4. The third kappa shape index (κ3) is 5.08. The highest BCUT2D eigenvalue weighted by Crippen LogP contribution is 2.60. The minimum atomic E-state index is -0.806. The van der Waals surface area contributed by atoms with E-state index < -0.39 is 28.7 Å². The predicted molar refractivity (Wildman–Crippen MR) is 152 cm³/mol. The molecule has 39 heavy (non-hydrogen) atoms. The fraction of sp³-hybridized carbons (Fsp3) is 0.533. The third-order valence-corrected chi connectivity index (χ3v) is 10.0. The van der Waals surface area contributed by atoms with Crippen LogP contribution < -0.4 is 16.0 Å². The summed E-state index contributed by atoms with van der Waals surface area (Å²) in [6.45, 7) is 2.08. The van der Waals surface area contributed by atoms with Gasteiger partial charge < -0.3 is 15.7 Å². The number of aliphatic hydroxyl groups excluding tert-OH is 1. The van der Waals surface area contributed by atoms with Gasteiger partial charge in [-0.05, 0) is 67.9 Å². The molecule has 5 rings (SSSR count). The molecule has 0 aromatic heterocycles. The number of carbonyl (C=O) groups excluding carboxylic acids is 2. The largest absolute Gasteiger partial charge is 0.393 e. The minimum Gasteiger partial charge on any atom is -0.393 e. The number of hydrogen-bond donors (Lipinski definition) is 4. The molecule has 3 fully saturated rings. The molecule has 3 aliphatic rings. The zero-order chi connectivity index (χ0) is 27.8. The fourth-order valence-corrected chi connectivity index (χ4v) is 7.89. The summed E-state index contributed by atoms with van der Waals surface area (Å²) >= 11 is 12.7. The van der Waals surface area contributed by atoms with Crippen molar-refractivity contribution in [1.29, 1.82) is 0 Å². The summed E-state index contributed by atoms with van der Waals surface area (Å²) in [6, 6.07) is 9.53. The second-order valence-corrected chi connectivity index (χ2v) is 12.4. The fourth-order valence-electron chi connectivity index (χ4n) is 7.54. The number of nitrogens with one attached hydrogen (secondary N) is 3. The predicted octanol–water partition coefficient (Wildman–Crippen LogP) is 5.84. The average Bonchev–Trinajstić information content (AvgIpc) is 3.16. The van der Waals surface area contributed by atoms with E-state index in [4.69, 9.17) is 23.2 Å². The summed E-state index contributed by atoms with van der Waals surface area (Å²) in [5.74, 6) is -1.35.